The second kappa shape index (κ2) is 3.01. The molecule has 0 saturated heterocycles. The van der Waals surface area contributed by atoms with Crippen molar-refractivity contribution in [2.24, 2.45) is 0 Å². The lowest BCUT2D eigenvalue weighted by Crippen LogP contribution is -2.07. The van der Waals surface area contributed by atoms with Crippen molar-refractivity contribution in [3.05, 3.63) is 18.5 Å². The number of rotatable bonds is 1. The summed E-state index contributed by atoms with van der Waals surface area (Å²) in [5.41, 5.74) is 6.59. The molecule has 58 valence electrons. The van der Waals surface area contributed by atoms with Gasteiger partial charge in [-0.05, 0) is 6.07 Å². The number of hydrogen-bond donors (Lipinski definition) is 2. The Morgan fingerprint density at radius 2 is 2.45 bits per heavy atom. The highest BCUT2D eigenvalue weighted by Gasteiger charge is 1.98. The van der Waals surface area contributed by atoms with E-state index in [1.165, 1.54) is 13.1 Å². The van der Waals surface area contributed by atoms with E-state index in [-0.39, 0.29) is 5.91 Å². The quantitative estimate of drug-likeness (QED) is 0.618. The Balaban J connectivity index is 2.86. The molecule has 4 heteroatoms. The van der Waals surface area contributed by atoms with Crippen molar-refractivity contribution in [3.63, 3.8) is 0 Å². The monoisotopic (exact) mass is 151 g/mol. The molecule has 0 spiro atoms. The topological polar surface area (TPSA) is 68.0 Å². The summed E-state index contributed by atoms with van der Waals surface area (Å²) in [6, 6.07) is 1.63. The molecule has 1 rings (SSSR count). The van der Waals surface area contributed by atoms with E-state index < -0.39 is 0 Å². The lowest BCUT2D eigenvalue weighted by atomic mass is 10.3. The van der Waals surface area contributed by atoms with Crippen LogP contribution in [-0.4, -0.2) is 10.9 Å². The Morgan fingerprint density at radius 3 is 3.00 bits per heavy atom. The van der Waals surface area contributed by atoms with E-state index in [0.717, 1.165) is 0 Å². The molecule has 0 saturated carbocycles. The summed E-state index contributed by atoms with van der Waals surface area (Å²) in [5.74, 6) is -0.148. The minimum absolute atomic E-state index is 0.148. The first kappa shape index (κ1) is 7.53. The third kappa shape index (κ3) is 1.93. The fourth-order valence-electron chi connectivity index (χ4n) is 0.699. The summed E-state index contributed by atoms with van der Waals surface area (Å²) in [5, 5.41) is 2.55. The standard InChI is InChI=1S/C7H9N3O/c1-5(11)10-7-4-9-3-2-6(7)8/h2-4H,1H3,(H2,8,9)(H,10,11). The predicted molar refractivity (Wildman–Crippen MR) is 43.0 cm³/mol. The van der Waals surface area contributed by atoms with Gasteiger partial charge in [0.1, 0.15) is 0 Å². The van der Waals surface area contributed by atoms with Crippen LogP contribution in [0.4, 0.5) is 11.4 Å². The average molecular weight is 151 g/mol. The SMILES string of the molecule is CC(=O)Nc1cnccc1N. The highest BCUT2D eigenvalue weighted by atomic mass is 16.1. The maximum Gasteiger partial charge on any atom is 0.221 e. The highest BCUT2D eigenvalue weighted by Crippen LogP contribution is 2.14. The molecule has 11 heavy (non-hydrogen) atoms. The van der Waals surface area contributed by atoms with E-state index in [1.54, 1.807) is 12.3 Å². The van der Waals surface area contributed by atoms with Gasteiger partial charge < -0.3 is 11.1 Å². The molecule has 0 unspecified atom stereocenters. The molecule has 0 radical (unpaired) electrons. The number of nitrogens with zero attached hydrogens (tertiary/aromatic N) is 1. The summed E-state index contributed by atoms with van der Waals surface area (Å²) in [4.78, 5) is 14.4. The minimum atomic E-state index is -0.148. The van der Waals surface area contributed by atoms with Crippen LogP contribution in [0.1, 0.15) is 6.92 Å². The third-order valence-electron chi connectivity index (χ3n) is 1.17. The molecule has 4 nitrogen and oxygen atoms in total. The highest BCUT2D eigenvalue weighted by molar-refractivity contribution is 5.91. The molecule has 0 bridgehead atoms. The van der Waals surface area contributed by atoms with Crippen molar-refractivity contribution in [2.75, 3.05) is 11.1 Å². The molecule has 3 N–H and O–H groups in total. The van der Waals surface area contributed by atoms with Gasteiger partial charge in [0.25, 0.3) is 0 Å². The molecule has 0 fully saturated rings. The van der Waals surface area contributed by atoms with Crippen LogP contribution in [0.5, 0.6) is 0 Å². The average Bonchev–Trinajstić information content (AvgIpc) is 1.93. The summed E-state index contributed by atoms with van der Waals surface area (Å²) in [6.07, 6.45) is 3.08. The lowest BCUT2D eigenvalue weighted by molar-refractivity contribution is -0.114. The summed E-state index contributed by atoms with van der Waals surface area (Å²) >= 11 is 0. The molecule has 1 aromatic rings. The van der Waals surface area contributed by atoms with E-state index in [0.29, 0.717) is 11.4 Å². The molecular formula is C7H9N3O. The fourth-order valence-corrected chi connectivity index (χ4v) is 0.699. The van der Waals surface area contributed by atoms with Gasteiger partial charge in [-0.1, -0.05) is 0 Å². The molecular weight excluding hydrogens is 142 g/mol. The van der Waals surface area contributed by atoms with Gasteiger partial charge in [0.05, 0.1) is 17.6 Å². The smallest absolute Gasteiger partial charge is 0.221 e. The van der Waals surface area contributed by atoms with Crippen molar-refractivity contribution >= 4 is 17.3 Å². The largest absolute Gasteiger partial charge is 0.397 e. The normalized spacial score (nSPS) is 9.18. The Labute approximate surface area is 64.4 Å². The van der Waals surface area contributed by atoms with Crippen LogP contribution >= 0.6 is 0 Å². The van der Waals surface area contributed by atoms with Crippen molar-refractivity contribution < 1.29 is 4.79 Å². The number of anilines is 2. The van der Waals surface area contributed by atoms with Crippen molar-refractivity contribution in [1.82, 2.24) is 4.98 Å². The Morgan fingerprint density at radius 1 is 1.73 bits per heavy atom. The number of carbonyl (C=O) groups is 1. The fraction of sp³-hybridized carbons (Fsp3) is 0.143. The van der Waals surface area contributed by atoms with E-state index in [4.69, 9.17) is 5.73 Å². The van der Waals surface area contributed by atoms with Crippen LogP contribution in [0.2, 0.25) is 0 Å². The van der Waals surface area contributed by atoms with Crippen LogP contribution in [0.3, 0.4) is 0 Å². The minimum Gasteiger partial charge on any atom is -0.397 e. The summed E-state index contributed by atoms with van der Waals surface area (Å²) in [6.45, 7) is 1.42. The van der Waals surface area contributed by atoms with Crippen molar-refractivity contribution in [3.8, 4) is 0 Å². The van der Waals surface area contributed by atoms with Crippen LogP contribution in [0.15, 0.2) is 18.5 Å². The molecule has 0 aliphatic heterocycles. The number of hydrogen-bond acceptors (Lipinski definition) is 3. The first-order valence-corrected chi connectivity index (χ1v) is 3.17. The van der Waals surface area contributed by atoms with E-state index >= 15 is 0 Å². The zero-order valence-corrected chi connectivity index (χ0v) is 6.16. The van der Waals surface area contributed by atoms with Gasteiger partial charge in [-0.3, -0.25) is 9.78 Å². The lowest BCUT2D eigenvalue weighted by Gasteiger charge is -2.02. The molecule has 0 aromatic carbocycles. The third-order valence-corrected chi connectivity index (χ3v) is 1.17. The van der Waals surface area contributed by atoms with Crippen molar-refractivity contribution in [1.29, 1.82) is 0 Å². The van der Waals surface area contributed by atoms with Crippen LogP contribution < -0.4 is 11.1 Å². The van der Waals surface area contributed by atoms with E-state index in [1.807, 2.05) is 0 Å². The first-order chi connectivity index (χ1) is 5.20. The maximum atomic E-state index is 10.6. The van der Waals surface area contributed by atoms with E-state index in [2.05, 4.69) is 10.3 Å². The Bertz CT molecular complexity index is 272. The van der Waals surface area contributed by atoms with Gasteiger partial charge in [0, 0.05) is 13.1 Å². The van der Waals surface area contributed by atoms with Gasteiger partial charge in [-0.15, -0.1) is 0 Å². The van der Waals surface area contributed by atoms with Gasteiger partial charge in [0.2, 0.25) is 5.91 Å². The number of amides is 1. The van der Waals surface area contributed by atoms with Gasteiger partial charge >= 0.3 is 0 Å². The second-order valence-electron chi connectivity index (χ2n) is 2.14. The van der Waals surface area contributed by atoms with Crippen LogP contribution in [0.25, 0.3) is 0 Å². The molecule has 0 aliphatic rings. The van der Waals surface area contributed by atoms with Crippen LogP contribution in [-0.2, 0) is 4.79 Å². The zero-order valence-electron chi connectivity index (χ0n) is 6.16. The molecule has 0 aliphatic carbocycles. The second-order valence-corrected chi connectivity index (χ2v) is 2.14. The number of aromatic nitrogens is 1. The number of pyridine rings is 1. The number of nitrogen functional groups attached to an aromatic ring is 1. The summed E-state index contributed by atoms with van der Waals surface area (Å²) in [7, 11) is 0. The Kier molecular flexibility index (Phi) is 2.06. The zero-order chi connectivity index (χ0) is 8.27. The Hall–Kier alpha value is -1.58. The first-order valence-electron chi connectivity index (χ1n) is 3.17. The van der Waals surface area contributed by atoms with Crippen LogP contribution in [0, 0.1) is 0 Å². The van der Waals surface area contributed by atoms with Gasteiger partial charge in [0.15, 0.2) is 0 Å². The molecule has 1 aromatic heterocycles. The number of nitrogens with one attached hydrogen (secondary N) is 1. The number of nitrogens with two attached hydrogens (primary N) is 1. The molecule has 0 atom stereocenters. The van der Waals surface area contributed by atoms with Crippen molar-refractivity contribution in [2.45, 2.75) is 6.92 Å². The molecule has 1 amide bonds. The van der Waals surface area contributed by atoms with Gasteiger partial charge in [-0.25, -0.2) is 0 Å². The number of carbonyl (C=O) groups excluding carboxylic acids is 1. The predicted octanol–water partition coefficient (Wildman–Crippen LogP) is 0.622. The van der Waals surface area contributed by atoms with Gasteiger partial charge in [-0.2, -0.15) is 0 Å². The maximum absolute atomic E-state index is 10.6. The molecule has 1 heterocycles. The van der Waals surface area contributed by atoms with E-state index in [9.17, 15) is 4.79 Å². The summed E-state index contributed by atoms with van der Waals surface area (Å²) < 4.78 is 0.